The molecule has 5 heteroatoms. The highest BCUT2D eigenvalue weighted by Crippen LogP contribution is 2.05. The van der Waals surface area contributed by atoms with E-state index in [9.17, 15) is 4.79 Å². The van der Waals surface area contributed by atoms with Gasteiger partial charge in [0.25, 0.3) is 0 Å². The van der Waals surface area contributed by atoms with Crippen molar-refractivity contribution < 1.29 is 9.90 Å². The molecule has 0 saturated carbocycles. The van der Waals surface area contributed by atoms with Crippen LogP contribution in [0.2, 0.25) is 0 Å². The van der Waals surface area contributed by atoms with Crippen molar-refractivity contribution >= 4 is 5.97 Å². The number of aryl methyl sites for hydroxylation is 2. The Bertz CT molecular complexity index is 371. The number of aliphatic carboxylic acids is 1. The summed E-state index contributed by atoms with van der Waals surface area (Å²) in [5, 5.41) is 16.2. The van der Waals surface area contributed by atoms with Gasteiger partial charge in [0.1, 0.15) is 6.04 Å². The van der Waals surface area contributed by atoms with E-state index >= 15 is 0 Å². The maximum atomic E-state index is 11.0. The van der Waals surface area contributed by atoms with Gasteiger partial charge >= 0.3 is 5.97 Å². The second kappa shape index (κ2) is 5.12. The van der Waals surface area contributed by atoms with Gasteiger partial charge in [0.2, 0.25) is 0 Å². The van der Waals surface area contributed by atoms with Crippen LogP contribution in [0.1, 0.15) is 25.2 Å². The molecule has 0 aliphatic carbocycles. The Balaban J connectivity index is 2.62. The van der Waals surface area contributed by atoms with Crippen molar-refractivity contribution in [3.63, 3.8) is 0 Å². The fraction of sp³-hybridized carbons (Fsp3) is 0.636. The van der Waals surface area contributed by atoms with Gasteiger partial charge in [0.05, 0.1) is 11.4 Å². The zero-order chi connectivity index (χ0) is 12.3. The minimum absolute atomic E-state index is 0.0619. The van der Waals surface area contributed by atoms with Crippen molar-refractivity contribution in [1.82, 2.24) is 15.1 Å². The van der Waals surface area contributed by atoms with E-state index in [4.69, 9.17) is 5.11 Å². The van der Waals surface area contributed by atoms with E-state index in [0.717, 1.165) is 11.4 Å². The molecule has 0 bridgehead atoms. The lowest BCUT2D eigenvalue weighted by Gasteiger charge is -2.17. The first-order valence-corrected chi connectivity index (χ1v) is 5.37. The lowest BCUT2D eigenvalue weighted by atomic mass is 10.0. The Kier molecular flexibility index (Phi) is 4.06. The van der Waals surface area contributed by atoms with Gasteiger partial charge in [0, 0.05) is 13.6 Å². The second-order valence-corrected chi connectivity index (χ2v) is 4.34. The molecule has 1 atom stereocenters. The highest BCUT2D eigenvalue weighted by molar-refractivity contribution is 5.73. The molecule has 16 heavy (non-hydrogen) atoms. The third-order valence-corrected chi connectivity index (χ3v) is 2.53. The van der Waals surface area contributed by atoms with E-state index < -0.39 is 12.0 Å². The van der Waals surface area contributed by atoms with Crippen LogP contribution in [0, 0.1) is 12.8 Å². The number of hydrogen-bond donors (Lipinski definition) is 2. The van der Waals surface area contributed by atoms with Gasteiger partial charge in [-0.25, -0.2) is 0 Å². The first-order valence-electron chi connectivity index (χ1n) is 5.37. The Morgan fingerprint density at radius 2 is 2.25 bits per heavy atom. The molecular weight excluding hydrogens is 206 g/mol. The summed E-state index contributed by atoms with van der Waals surface area (Å²) in [6.45, 7) is 6.22. The van der Waals surface area contributed by atoms with Gasteiger partial charge in [-0.15, -0.1) is 0 Å². The molecule has 5 nitrogen and oxygen atoms in total. The summed E-state index contributed by atoms with van der Waals surface area (Å²) < 4.78 is 1.77. The number of nitrogens with one attached hydrogen (secondary N) is 1. The van der Waals surface area contributed by atoms with Gasteiger partial charge in [-0.05, 0) is 18.9 Å². The minimum Gasteiger partial charge on any atom is -0.480 e. The summed E-state index contributed by atoms with van der Waals surface area (Å²) in [4.78, 5) is 11.0. The van der Waals surface area contributed by atoms with E-state index in [1.807, 2.05) is 33.9 Å². The number of nitrogens with zero attached hydrogens (tertiary/aromatic N) is 2. The topological polar surface area (TPSA) is 67.2 Å². The lowest BCUT2D eigenvalue weighted by Crippen LogP contribution is -2.40. The number of rotatable bonds is 5. The van der Waals surface area contributed by atoms with Crippen molar-refractivity contribution in [3.8, 4) is 0 Å². The summed E-state index contributed by atoms with van der Waals surface area (Å²) in [7, 11) is 1.86. The maximum absolute atomic E-state index is 11.0. The van der Waals surface area contributed by atoms with Crippen LogP contribution in [0.4, 0.5) is 0 Å². The summed E-state index contributed by atoms with van der Waals surface area (Å²) in [5.74, 6) is -0.749. The van der Waals surface area contributed by atoms with E-state index in [1.54, 1.807) is 4.68 Å². The fourth-order valence-corrected chi connectivity index (χ4v) is 1.65. The van der Waals surface area contributed by atoms with Crippen LogP contribution < -0.4 is 5.32 Å². The van der Waals surface area contributed by atoms with Crippen molar-refractivity contribution in [1.29, 1.82) is 0 Å². The van der Waals surface area contributed by atoms with Crippen LogP contribution in [-0.4, -0.2) is 26.9 Å². The number of aromatic nitrogens is 2. The van der Waals surface area contributed by atoms with Crippen LogP contribution in [-0.2, 0) is 18.4 Å². The van der Waals surface area contributed by atoms with E-state index in [0.29, 0.717) is 6.54 Å². The summed E-state index contributed by atoms with van der Waals surface area (Å²) in [5.41, 5.74) is 1.93. The molecule has 1 aromatic heterocycles. The molecule has 1 heterocycles. The first-order chi connectivity index (χ1) is 7.41. The molecule has 2 N–H and O–H groups in total. The van der Waals surface area contributed by atoms with E-state index in [-0.39, 0.29) is 5.92 Å². The summed E-state index contributed by atoms with van der Waals surface area (Å²) in [6, 6.07) is 1.43. The largest absolute Gasteiger partial charge is 0.480 e. The summed E-state index contributed by atoms with van der Waals surface area (Å²) in [6.07, 6.45) is 0. The molecule has 0 fully saturated rings. The number of carboxylic acids is 1. The lowest BCUT2D eigenvalue weighted by molar-refractivity contribution is -0.140. The molecule has 0 amide bonds. The van der Waals surface area contributed by atoms with Gasteiger partial charge in [0.15, 0.2) is 0 Å². The normalized spacial score (nSPS) is 13.1. The van der Waals surface area contributed by atoms with Crippen molar-refractivity contribution in [2.24, 2.45) is 13.0 Å². The van der Waals surface area contributed by atoms with Crippen LogP contribution in [0.5, 0.6) is 0 Å². The fourth-order valence-electron chi connectivity index (χ4n) is 1.65. The average Bonchev–Trinajstić information content (AvgIpc) is 2.44. The van der Waals surface area contributed by atoms with Gasteiger partial charge < -0.3 is 5.11 Å². The van der Waals surface area contributed by atoms with Gasteiger partial charge in [-0.1, -0.05) is 13.8 Å². The van der Waals surface area contributed by atoms with Crippen LogP contribution in [0.25, 0.3) is 0 Å². The molecule has 0 aliphatic rings. The molecule has 0 spiro atoms. The van der Waals surface area contributed by atoms with E-state index in [1.165, 1.54) is 0 Å². The number of carboxylic acid groups (broad SMARTS) is 1. The molecule has 0 aliphatic heterocycles. The minimum atomic E-state index is -0.811. The Hall–Kier alpha value is -1.36. The molecular formula is C11H19N3O2. The molecule has 1 unspecified atom stereocenters. The highest BCUT2D eigenvalue weighted by atomic mass is 16.4. The number of hydrogen-bond acceptors (Lipinski definition) is 3. The van der Waals surface area contributed by atoms with Crippen LogP contribution in [0.3, 0.4) is 0 Å². The molecule has 0 aromatic carbocycles. The standard InChI is InChI=1S/C11H19N3O2/c1-7(2)10(11(15)16)12-6-9-5-8(3)13-14(9)4/h5,7,10,12H,6H2,1-4H3,(H,15,16). The van der Waals surface area contributed by atoms with E-state index in [2.05, 4.69) is 10.4 Å². The van der Waals surface area contributed by atoms with Crippen molar-refractivity contribution in [2.75, 3.05) is 0 Å². The van der Waals surface area contributed by atoms with Crippen LogP contribution in [0.15, 0.2) is 6.07 Å². The molecule has 0 radical (unpaired) electrons. The molecule has 1 aromatic rings. The quantitative estimate of drug-likeness (QED) is 0.782. The van der Waals surface area contributed by atoms with Crippen molar-refractivity contribution in [3.05, 3.63) is 17.5 Å². The highest BCUT2D eigenvalue weighted by Gasteiger charge is 2.20. The average molecular weight is 225 g/mol. The Morgan fingerprint density at radius 3 is 2.62 bits per heavy atom. The predicted octanol–water partition coefficient (Wildman–Crippen LogP) is 0.927. The first kappa shape index (κ1) is 12.7. The predicted molar refractivity (Wildman–Crippen MR) is 61.0 cm³/mol. The second-order valence-electron chi connectivity index (χ2n) is 4.34. The zero-order valence-electron chi connectivity index (χ0n) is 10.2. The summed E-state index contributed by atoms with van der Waals surface area (Å²) >= 11 is 0. The Labute approximate surface area is 95.5 Å². The SMILES string of the molecule is Cc1cc(CNC(C(=O)O)C(C)C)n(C)n1. The molecule has 1 rings (SSSR count). The van der Waals surface area contributed by atoms with Gasteiger partial charge in [-0.3, -0.25) is 14.8 Å². The van der Waals surface area contributed by atoms with Crippen molar-refractivity contribution in [2.45, 2.75) is 33.4 Å². The maximum Gasteiger partial charge on any atom is 0.320 e. The third kappa shape index (κ3) is 3.06. The smallest absolute Gasteiger partial charge is 0.320 e. The zero-order valence-corrected chi connectivity index (χ0v) is 10.2. The number of carbonyl (C=O) groups is 1. The monoisotopic (exact) mass is 225 g/mol. The third-order valence-electron chi connectivity index (χ3n) is 2.53. The van der Waals surface area contributed by atoms with Crippen LogP contribution >= 0.6 is 0 Å². The van der Waals surface area contributed by atoms with Gasteiger partial charge in [-0.2, -0.15) is 5.10 Å². The molecule has 90 valence electrons. The molecule has 0 saturated heterocycles. The Morgan fingerprint density at radius 1 is 1.62 bits per heavy atom.